The lowest BCUT2D eigenvalue weighted by atomic mass is 10.3. The Kier molecular flexibility index (Phi) is 7.05. The summed E-state index contributed by atoms with van der Waals surface area (Å²) in [5.74, 6) is 0. The summed E-state index contributed by atoms with van der Waals surface area (Å²) < 4.78 is 10.4. The fraction of sp³-hybridized carbons (Fsp3) is 1.00. The van der Waals surface area contributed by atoms with Gasteiger partial charge in [-0.05, 0) is 21.6 Å². The molecule has 0 amide bonds. The Labute approximate surface area is 55.4 Å². The molecule has 0 saturated carbocycles. The molecule has 0 aromatic heterocycles. The van der Waals surface area contributed by atoms with Crippen LogP contribution in [0.15, 0.2) is 0 Å². The molecule has 1 unspecified atom stereocenters. The number of hydrogen-bond acceptors (Lipinski definition) is 1. The first-order chi connectivity index (χ1) is 4.31. The maximum atomic E-state index is 5.25. The van der Waals surface area contributed by atoms with E-state index in [9.17, 15) is 0 Å². The van der Waals surface area contributed by atoms with E-state index in [2.05, 4.69) is 22.2 Å². The van der Waals surface area contributed by atoms with Crippen LogP contribution in [0.4, 0.5) is 0 Å². The number of ether oxygens (including phenoxy) is 1. The van der Waals surface area contributed by atoms with Gasteiger partial charge in [-0.1, -0.05) is 6.92 Å². The zero-order chi connectivity index (χ0) is 7.70. The van der Waals surface area contributed by atoms with E-state index in [1.807, 2.05) is 6.92 Å². The zero-order valence-electron chi connectivity index (χ0n) is 6.98. The molecular weight excluding hydrogens is 98.9 g/mol. The van der Waals surface area contributed by atoms with Gasteiger partial charge in [-0.3, -0.25) is 0 Å². The molecule has 0 fully saturated rings. The molecule has 0 aliphatic carbocycles. The molecule has 0 bridgehead atoms. The summed E-state index contributed by atoms with van der Waals surface area (Å²) in [6.45, 7) is 7.07. The minimum absolute atomic E-state index is 0.449. The smallest absolute Gasteiger partial charge is 0.0544 e. The summed E-state index contributed by atoms with van der Waals surface area (Å²) >= 11 is 0. The molecule has 48 valence electrons. The summed E-state index contributed by atoms with van der Waals surface area (Å²) in [6.07, 6.45) is 1.57. The fourth-order valence-corrected chi connectivity index (χ4v) is 0.402. The van der Waals surface area contributed by atoms with Crippen molar-refractivity contribution in [3.63, 3.8) is 0 Å². The summed E-state index contributed by atoms with van der Waals surface area (Å²) in [5, 5.41) is 0. The van der Waals surface area contributed by atoms with Crippen molar-refractivity contribution in [3.8, 4) is 0 Å². The monoisotopic (exact) mass is 115 g/mol. The first-order valence-corrected chi connectivity index (χ1v) is 2.92. The van der Waals surface area contributed by atoms with Crippen LogP contribution in [-0.4, -0.2) is 22.4 Å². The van der Waals surface area contributed by atoms with Crippen molar-refractivity contribution in [1.82, 2.24) is 0 Å². The highest BCUT2D eigenvalue weighted by molar-refractivity contribution is 5.75. The molecule has 8 heavy (non-hydrogen) atoms. The lowest BCUT2D eigenvalue weighted by molar-refractivity contribution is 0.0739. The highest BCUT2D eigenvalue weighted by Crippen LogP contribution is 1.92. The normalized spacial score (nSPS) is 13.1. The van der Waals surface area contributed by atoms with Crippen LogP contribution < -0.4 is 0 Å². The van der Waals surface area contributed by atoms with Crippen LogP contribution in [0, 0.1) is 0 Å². The van der Waals surface area contributed by atoms with Crippen LogP contribution in [0.25, 0.3) is 0 Å². The quantitative estimate of drug-likeness (QED) is 0.501. The Morgan fingerprint density at radius 3 is 2.25 bits per heavy atom. The van der Waals surface area contributed by atoms with Gasteiger partial charge in [0.15, 0.2) is 0 Å². The van der Waals surface area contributed by atoms with Crippen molar-refractivity contribution in [3.05, 3.63) is 0 Å². The molecule has 0 rings (SSSR count). The molecule has 0 aromatic rings. The molecule has 2 radical (unpaired) electrons. The second-order valence-corrected chi connectivity index (χ2v) is 1.67. The van der Waals surface area contributed by atoms with E-state index in [1.165, 1.54) is 0 Å². The molecule has 0 aromatic carbocycles. The summed E-state index contributed by atoms with van der Waals surface area (Å²) in [6, 6.07) is 0. The van der Waals surface area contributed by atoms with Gasteiger partial charge in [0.1, 0.15) is 0 Å². The molecule has 0 N–H and O–H groups in total. The summed E-state index contributed by atoms with van der Waals surface area (Å²) in [5.41, 5.74) is 0. The molecule has 0 spiro atoms. The van der Waals surface area contributed by atoms with Crippen LogP contribution >= 0.6 is 0 Å². The Morgan fingerprint density at radius 1 is 1.62 bits per heavy atom. The molecule has 0 heterocycles. The minimum Gasteiger partial charge on any atom is -0.379 e. The lowest BCUT2D eigenvalue weighted by Gasteiger charge is -2.05. The molecule has 1 atom stereocenters. The average molecular weight is 115 g/mol. The molecule has 0 saturated heterocycles. The van der Waals surface area contributed by atoms with Crippen molar-refractivity contribution in [1.29, 1.82) is 1.34 Å². The predicted octanol–water partition coefficient (Wildman–Crippen LogP) is 1.17. The molecule has 2 heteroatoms. The van der Waals surface area contributed by atoms with Gasteiger partial charge in [0.25, 0.3) is 0 Å². The third-order valence-electron chi connectivity index (χ3n) is 1.03. The maximum Gasteiger partial charge on any atom is 0.0544 e. The van der Waals surface area contributed by atoms with Crippen molar-refractivity contribution in [2.45, 2.75) is 33.3 Å². The van der Waals surface area contributed by atoms with Gasteiger partial charge >= 0.3 is 0 Å². The van der Waals surface area contributed by atoms with E-state index in [0.717, 1.165) is 13.0 Å². The van der Waals surface area contributed by atoms with Gasteiger partial charge in [-0.2, -0.15) is 0 Å². The number of rotatable bonds is 3. The molecule has 0 aliphatic heterocycles. The first kappa shape index (κ1) is 8.02. The molecule has 0 aliphatic rings. The van der Waals surface area contributed by atoms with Crippen molar-refractivity contribution in [2.24, 2.45) is 0 Å². The average Bonchev–Trinajstić information content (AvgIpc) is 1.93. The third kappa shape index (κ3) is 6.02. The van der Waals surface area contributed by atoms with E-state index in [4.69, 9.17) is 6.07 Å². The van der Waals surface area contributed by atoms with E-state index in [1.54, 1.807) is 0 Å². The van der Waals surface area contributed by atoms with E-state index in [0.29, 0.717) is 6.10 Å². The van der Waals surface area contributed by atoms with E-state index in [-0.39, 0.29) is 0 Å². The minimum atomic E-state index is 0.449. The van der Waals surface area contributed by atoms with Crippen molar-refractivity contribution >= 4 is 8.38 Å². The number of hydrogen-bond donors (Lipinski definition) is 0. The highest BCUT2D eigenvalue weighted by atomic mass is 16.5. The third-order valence-corrected chi connectivity index (χ3v) is 1.03. The van der Waals surface area contributed by atoms with Crippen LogP contribution in [0.1, 0.15) is 27.2 Å². The Balaban J connectivity index is 0. The topological polar surface area (TPSA) is 9.23 Å². The maximum absolute atomic E-state index is 5.25. The van der Waals surface area contributed by atoms with Crippen LogP contribution in [0.5, 0.6) is 0 Å². The first-order valence-electron chi connectivity index (χ1n) is 3.50. The molecule has 1 nitrogen and oxygen atoms in total. The highest BCUT2D eigenvalue weighted by Gasteiger charge is 1.91. The van der Waals surface area contributed by atoms with Crippen LogP contribution in [0.2, 0.25) is 0 Å². The summed E-state index contributed by atoms with van der Waals surface area (Å²) in [4.78, 5) is 0. The van der Waals surface area contributed by atoms with Crippen LogP contribution in [0.3, 0.4) is 0 Å². The van der Waals surface area contributed by atoms with E-state index >= 15 is 0 Å². The zero-order valence-corrected chi connectivity index (χ0v) is 5.98. The SMILES string of the molecule is CCOC(C)CC.[2H][B]. The van der Waals surface area contributed by atoms with Gasteiger partial charge in [0, 0.05) is 15.0 Å². The van der Waals surface area contributed by atoms with Crippen LogP contribution in [-0.2, 0) is 4.74 Å². The van der Waals surface area contributed by atoms with Gasteiger partial charge in [0.05, 0.1) is 6.10 Å². The largest absolute Gasteiger partial charge is 0.379 e. The van der Waals surface area contributed by atoms with Gasteiger partial charge in [0.2, 0.25) is 0 Å². The standard InChI is InChI=1S/C6H14O.BH/c1-4-6(3)7-5-2;/h6H,4-5H2,1-3H3;1H/i;1D. The van der Waals surface area contributed by atoms with Crippen molar-refractivity contribution < 1.29 is 4.74 Å². The Bertz CT molecular complexity index is 44.0. The van der Waals surface area contributed by atoms with Gasteiger partial charge < -0.3 is 4.74 Å². The summed E-state index contributed by atoms with van der Waals surface area (Å²) in [7, 11) is 3.75. The Hall–Kier alpha value is 0.0249. The second kappa shape index (κ2) is 7.02. The second-order valence-electron chi connectivity index (χ2n) is 1.67. The molecular formula is C6H15BO. The van der Waals surface area contributed by atoms with Gasteiger partial charge in [-0.25, -0.2) is 0 Å². The van der Waals surface area contributed by atoms with Gasteiger partial charge in [-0.15, -0.1) is 0 Å². The van der Waals surface area contributed by atoms with Crippen molar-refractivity contribution in [2.75, 3.05) is 6.61 Å². The fourth-order valence-electron chi connectivity index (χ4n) is 0.402. The van der Waals surface area contributed by atoms with E-state index < -0.39 is 0 Å². The lowest BCUT2D eigenvalue weighted by Crippen LogP contribution is -2.04. The Morgan fingerprint density at radius 2 is 2.12 bits per heavy atom. The predicted molar refractivity (Wildman–Crippen MR) is 38.5 cm³/mol.